The molecule has 0 aliphatic rings. The van der Waals surface area contributed by atoms with Gasteiger partial charge < -0.3 is 4.90 Å². The fraction of sp³-hybridized carbons (Fsp3) is 0.600. The monoisotopic (exact) mass is 289 g/mol. The van der Waals surface area contributed by atoms with E-state index < -0.39 is 0 Å². The summed E-state index contributed by atoms with van der Waals surface area (Å²) >= 11 is 0. The minimum absolute atomic E-state index is 1.17. The first-order valence-corrected chi connectivity index (χ1v) is 8.53. The van der Waals surface area contributed by atoms with Crippen LogP contribution in [0, 0.1) is 0 Å². The zero-order chi connectivity index (χ0) is 15.8. The first kappa shape index (κ1) is 19.9. The van der Waals surface area contributed by atoms with E-state index in [-0.39, 0.29) is 0 Å². The molecule has 120 valence electrons. The Bertz CT molecular complexity index is 316. The van der Waals surface area contributed by atoms with Gasteiger partial charge in [-0.25, -0.2) is 0 Å². The van der Waals surface area contributed by atoms with Crippen LogP contribution in [0.3, 0.4) is 0 Å². The molecular weight excluding hydrogens is 254 g/mol. The average Bonchev–Trinajstić information content (AvgIpc) is 2.51. The minimum atomic E-state index is 1.17. The summed E-state index contributed by atoms with van der Waals surface area (Å²) in [4.78, 5) is 2.27. The Kier molecular flexibility index (Phi) is 14.5. The Morgan fingerprint density at radius 1 is 0.857 bits per heavy atom. The SMILES string of the molecule is C=Cc1ccccc1.CCCCCCCCCCN(C)C. The Labute approximate surface area is 133 Å². The third-order valence-corrected chi connectivity index (χ3v) is 3.49. The standard InChI is InChI=1S/C12H27N.C8H8/c1-4-5-6-7-8-9-10-11-12-13(2)3;1-2-8-6-4-3-5-7-8/h4-12H2,1-3H3;2-7H,1H2. The smallest absolute Gasteiger partial charge is 0.00248 e. The molecule has 21 heavy (non-hydrogen) atoms. The minimum Gasteiger partial charge on any atom is -0.309 e. The third-order valence-electron chi connectivity index (χ3n) is 3.49. The molecule has 0 radical (unpaired) electrons. The zero-order valence-electron chi connectivity index (χ0n) is 14.5. The van der Waals surface area contributed by atoms with Crippen molar-refractivity contribution in [3.8, 4) is 0 Å². The van der Waals surface area contributed by atoms with Gasteiger partial charge in [0.15, 0.2) is 0 Å². The lowest BCUT2D eigenvalue weighted by molar-refractivity contribution is 0.389. The van der Waals surface area contributed by atoms with E-state index in [2.05, 4.69) is 32.5 Å². The predicted molar refractivity (Wildman–Crippen MR) is 97.7 cm³/mol. The van der Waals surface area contributed by atoms with Crippen LogP contribution in [-0.2, 0) is 0 Å². The molecule has 1 aromatic carbocycles. The lowest BCUT2D eigenvalue weighted by Gasteiger charge is -2.08. The quantitative estimate of drug-likeness (QED) is 0.476. The van der Waals surface area contributed by atoms with Gasteiger partial charge in [0.05, 0.1) is 0 Å². The van der Waals surface area contributed by atoms with E-state index in [4.69, 9.17) is 0 Å². The summed E-state index contributed by atoms with van der Waals surface area (Å²) in [6.07, 6.45) is 13.2. The van der Waals surface area contributed by atoms with Gasteiger partial charge in [-0.1, -0.05) is 94.9 Å². The average molecular weight is 290 g/mol. The van der Waals surface area contributed by atoms with Gasteiger partial charge in [0.1, 0.15) is 0 Å². The highest BCUT2D eigenvalue weighted by Gasteiger charge is 1.92. The number of hydrogen-bond acceptors (Lipinski definition) is 1. The van der Waals surface area contributed by atoms with Crippen molar-refractivity contribution in [2.45, 2.75) is 58.3 Å². The Hall–Kier alpha value is -1.08. The Balaban J connectivity index is 0.000000423. The normalized spacial score (nSPS) is 10.1. The fourth-order valence-corrected chi connectivity index (χ4v) is 2.15. The second kappa shape index (κ2) is 15.3. The molecule has 1 rings (SSSR count). The molecule has 0 atom stereocenters. The Morgan fingerprint density at radius 2 is 1.38 bits per heavy atom. The molecule has 0 saturated carbocycles. The van der Waals surface area contributed by atoms with Crippen LogP contribution >= 0.6 is 0 Å². The third kappa shape index (κ3) is 15.1. The summed E-state index contributed by atoms with van der Waals surface area (Å²) < 4.78 is 0. The zero-order valence-corrected chi connectivity index (χ0v) is 14.5. The largest absolute Gasteiger partial charge is 0.309 e. The summed E-state index contributed by atoms with van der Waals surface area (Å²) in [7, 11) is 4.31. The molecular formula is C20H35N. The van der Waals surface area contributed by atoms with Crippen LogP contribution in [-0.4, -0.2) is 25.5 Å². The topological polar surface area (TPSA) is 3.24 Å². The number of hydrogen-bond donors (Lipinski definition) is 0. The van der Waals surface area contributed by atoms with Gasteiger partial charge in [0, 0.05) is 0 Å². The molecule has 0 saturated heterocycles. The molecule has 0 bridgehead atoms. The van der Waals surface area contributed by atoms with E-state index in [1.165, 1.54) is 63.5 Å². The van der Waals surface area contributed by atoms with Gasteiger partial charge in [-0.2, -0.15) is 0 Å². The van der Waals surface area contributed by atoms with Gasteiger partial charge in [-0.15, -0.1) is 0 Å². The molecule has 0 aromatic heterocycles. The van der Waals surface area contributed by atoms with E-state index in [1.54, 1.807) is 0 Å². The summed E-state index contributed by atoms with van der Waals surface area (Å²) in [5, 5.41) is 0. The van der Waals surface area contributed by atoms with Crippen molar-refractivity contribution in [2.24, 2.45) is 0 Å². The summed E-state index contributed by atoms with van der Waals surface area (Å²) in [5.74, 6) is 0. The number of unbranched alkanes of at least 4 members (excludes halogenated alkanes) is 7. The van der Waals surface area contributed by atoms with Crippen molar-refractivity contribution in [3.63, 3.8) is 0 Å². The van der Waals surface area contributed by atoms with Gasteiger partial charge in [-0.05, 0) is 32.6 Å². The van der Waals surface area contributed by atoms with E-state index in [9.17, 15) is 0 Å². The van der Waals surface area contributed by atoms with Crippen molar-refractivity contribution < 1.29 is 0 Å². The number of rotatable bonds is 10. The van der Waals surface area contributed by atoms with Crippen molar-refractivity contribution in [1.29, 1.82) is 0 Å². The lowest BCUT2D eigenvalue weighted by atomic mass is 10.1. The second-order valence-corrected chi connectivity index (χ2v) is 5.89. The van der Waals surface area contributed by atoms with Crippen LogP contribution in [0.4, 0.5) is 0 Å². The van der Waals surface area contributed by atoms with Crippen LogP contribution in [0.15, 0.2) is 36.9 Å². The van der Waals surface area contributed by atoms with Crippen LogP contribution < -0.4 is 0 Å². The summed E-state index contributed by atoms with van der Waals surface area (Å²) in [6, 6.07) is 10.0. The molecule has 0 fully saturated rings. The summed E-state index contributed by atoms with van der Waals surface area (Å²) in [5.41, 5.74) is 1.17. The van der Waals surface area contributed by atoms with Crippen molar-refractivity contribution >= 4 is 6.08 Å². The fourth-order valence-electron chi connectivity index (χ4n) is 2.15. The molecule has 0 aliphatic heterocycles. The van der Waals surface area contributed by atoms with Gasteiger partial charge in [0.25, 0.3) is 0 Å². The first-order valence-electron chi connectivity index (χ1n) is 8.53. The summed E-state index contributed by atoms with van der Waals surface area (Å²) in [6.45, 7) is 7.16. The van der Waals surface area contributed by atoms with Crippen LogP contribution in [0.25, 0.3) is 6.08 Å². The molecule has 1 nitrogen and oxygen atoms in total. The van der Waals surface area contributed by atoms with E-state index in [1.807, 2.05) is 36.4 Å². The van der Waals surface area contributed by atoms with Crippen LogP contribution in [0.1, 0.15) is 63.9 Å². The molecule has 0 N–H and O–H groups in total. The molecule has 0 aliphatic carbocycles. The van der Waals surface area contributed by atoms with Gasteiger partial charge in [-0.3, -0.25) is 0 Å². The maximum atomic E-state index is 3.63. The van der Waals surface area contributed by atoms with Gasteiger partial charge in [0.2, 0.25) is 0 Å². The molecule has 1 aromatic rings. The highest BCUT2D eigenvalue weighted by atomic mass is 15.0. The number of benzene rings is 1. The molecule has 0 spiro atoms. The molecule has 1 heteroatoms. The first-order chi connectivity index (χ1) is 10.2. The second-order valence-electron chi connectivity index (χ2n) is 5.89. The molecule has 0 amide bonds. The number of nitrogens with zero attached hydrogens (tertiary/aromatic N) is 1. The van der Waals surface area contributed by atoms with Crippen LogP contribution in [0.5, 0.6) is 0 Å². The van der Waals surface area contributed by atoms with E-state index >= 15 is 0 Å². The van der Waals surface area contributed by atoms with E-state index in [0.717, 1.165) is 0 Å². The van der Waals surface area contributed by atoms with Crippen molar-refractivity contribution in [1.82, 2.24) is 4.90 Å². The highest BCUT2D eigenvalue weighted by molar-refractivity contribution is 5.45. The molecule has 0 unspecified atom stereocenters. The maximum absolute atomic E-state index is 3.63. The van der Waals surface area contributed by atoms with Gasteiger partial charge >= 0.3 is 0 Å². The maximum Gasteiger partial charge on any atom is -0.00248 e. The van der Waals surface area contributed by atoms with Crippen molar-refractivity contribution in [3.05, 3.63) is 42.5 Å². The van der Waals surface area contributed by atoms with Crippen LogP contribution in [0.2, 0.25) is 0 Å². The van der Waals surface area contributed by atoms with E-state index in [0.29, 0.717) is 0 Å². The van der Waals surface area contributed by atoms with Crippen molar-refractivity contribution in [2.75, 3.05) is 20.6 Å². The lowest BCUT2D eigenvalue weighted by Crippen LogP contribution is -2.12. The molecule has 0 heterocycles. The predicted octanol–water partition coefficient (Wildman–Crippen LogP) is 6.02. The Morgan fingerprint density at radius 3 is 1.81 bits per heavy atom. The highest BCUT2D eigenvalue weighted by Crippen LogP contribution is 2.08.